The van der Waals surface area contributed by atoms with Crippen molar-refractivity contribution in [3.05, 3.63) is 87.7 Å². The van der Waals surface area contributed by atoms with Crippen LogP contribution >= 0.6 is 11.6 Å². The molecule has 1 N–H and O–H groups in total. The Kier molecular flexibility index (Phi) is 9.58. The van der Waals surface area contributed by atoms with Crippen LogP contribution < -0.4 is 14.4 Å². The van der Waals surface area contributed by atoms with Gasteiger partial charge in [-0.25, -0.2) is 13.1 Å². The van der Waals surface area contributed by atoms with Gasteiger partial charge < -0.3 is 14.4 Å². The first-order valence-electron chi connectivity index (χ1n) is 17.7. The van der Waals surface area contributed by atoms with E-state index in [-0.39, 0.29) is 17.4 Å². The van der Waals surface area contributed by atoms with Gasteiger partial charge >= 0.3 is 0 Å². The Bertz CT molecular complexity index is 1860. The first-order chi connectivity index (χ1) is 23.5. The number of anilines is 1. The minimum Gasteiger partial charge on any atom is -0.490 e. The molecule has 0 saturated heterocycles. The summed E-state index contributed by atoms with van der Waals surface area (Å²) >= 11 is 6.46. The molecule has 3 aromatic rings. The molecule has 0 radical (unpaired) electrons. The molecule has 1 amide bonds. The molecule has 5 atom stereocenters. The average Bonchev–Trinajstić information content (AvgIpc) is 3.30. The lowest BCUT2D eigenvalue weighted by Gasteiger charge is -2.46. The Balaban J connectivity index is 1.27. The number of allylic oxidation sites excluding steroid dienone is 1. The second-order valence-corrected chi connectivity index (χ2v) is 16.9. The number of hydrogen-bond acceptors (Lipinski definition) is 7. The number of ether oxygens (including phenoxy) is 2. The van der Waals surface area contributed by atoms with Gasteiger partial charge in [0.05, 0.1) is 41.6 Å². The zero-order chi connectivity index (χ0) is 34.3. The second-order valence-electron chi connectivity index (χ2n) is 14.5. The van der Waals surface area contributed by atoms with E-state index in [1.54, 1.807) is 6.07 Å². The van der Waals surface area contributed by atoms with Crippen LogP contribution in [0, 0.1) is 18.8 Å². The molecule has 49 heavy (non-hydrogen) atoms. The SMILES string of the molecule is CC[C@@H]1CC/C=C\[C@H](OCc2cc(C)nn2C)[C@@H]2CC[C@H]2CN2C[C@@]3(CCCc4cc(Cl)ccc43)COc3ccc(cc32)C(=O)NS1(=O)=O. The Labute approximate surface area is 295 Å². The van der Waals surface area contributed by atoms with Gasteiger partial charge in [0.2, 0.25) is 10.0 Å². The smallest absolute Gasteiger partial charge is 0.264 e. The fourth-order valence-corrected chi connectivity index (χ4v) is 10.1. The first-order valence-corrected chi connectivity index (χ1v) is 19.6. The molecule has 7 rings (SSSR count). The van der Waals surface area contributed by atoms with Gasteiger partial charge in [0.1, 0.15) is 5.75 Å². The maximum Gasteiger partial charge on any atom is 0.264 e. The summed E-state index contributed by atoms with van der Waals surface area (Å²) in [6, 6.07) is 13.6. The molecule has 2 aliphatic heterocycles. The second kappa shape index (κ2) is 13.8. The van der Waals surface area contributed by atoms with E-state index in [1.165, 1.54) is 11.1 Å². The molecule has 262 valence electrons. The van der Waals surface area contributed by atoms with Crippen molar-refractivity contribution < 1.29 is 22.7 Å². The van der Waals surface area contributed by atoms with Crippen molar-refractivity contribution >= 4 is 33.2 Å². The summed E-state index contributed by atoms with van der Waals surface area (Å²) < 4.78 is 44.5. The monoisotopic (exact) mass is 706 g/mol. The van der Waals surface area contributed by atoms with Gasteiger partial charge in [-0.1, -0.05) is 36.7 Å². The summed E-state index contributed by atoms with van der Waals surface area (Å²) in [5.74, 6) is 0.742. The number of benzene rings is 2. The molecule has 1 spiro atoms. The van der Waals surface area contributed by atoms with Gasteiger partial charge in [-0.05, 0) is 118 Å². The molecule has 2 aromatic carbocycles. The van der Waals surface area contributed by atoms with Crippen molar-refractivity contribution in [1.82, 2.24) is 14.5 Å². The zero-order valence-corrected chi connectivity index (χ0v) is 30.2. The average molecular weight is 707 g/mol. The van der Waals surface area contributed by atoms with Crippen molar-refractivity contribution in [2.45, 2.75) is 88.6 Å². The number of aromatic nitrogens is 2. The number of aryl methyl sites for hydroxylation is 3. The third kappa shape index (κ3) is 6.88. The number of carbonyl (C=O) groups is 1. The van der Waals surface area contributed by atoms with E-state index in [9.17, 15) is 13.2 Å². The van der Waals surface area contributed by atoms with Gasteiger partial charge in [0.15, 0.2) is 0 Å². The molecule has 1 fully saturated rings. The van der Waals surface area contributed by atoms with Crippen molar-refractivity contribution in [3.63, 3.8) is 0 Å². The van der Waals surface area contributed by atoms with Crippen LogP contribution in [0.4, 0.5) is 5.69 Å². The van der Waals surface area contributed by atoms with Crippen LogP contribution in [0.1, 0.15) is 84.7 Å². The molecule has 2 bridgehead atoms. The van der Waals surface area contributed by atoms with Crippen molar-refractivity contribution in [2.75, 3.05) is 24.6 Å². The molecule has 3 heterocycles. The summed E-state index contributed by atoms with van der Waals surface area (Å²) in [4.78, 5) is 15.9. The number of nitrogens with zero attached hydrogens (tertiary/aromatic N) is 3. The standard InChI is InChI=1S/C38H47ClN4O5S/c1-4-31-9-5-6-10-35(47-22-30-18-25(2)40-42(30)3)32-14-11-28(32)21-43-23-38(17-7-8-26-19-29(39)13-15-33(26)38)24-48-36-16-12-27(20-34(36)43)37(44)41-49(31,45)46/h6,10,12-13,15-16,18-20,28,31-32,35H,4-5,7-9,11,14,17,21-24H2,1-3H3,(H,41,44)/b10-6-/t28-,31+,32+,35-,38-/m0/s1. The predicted octanol–water partition coefficient (Wildman–Crippen LogP) is 6.65. The van der Waals surface area contributed by atoms with E-state index in [0.29, 0.717) is 49.7 Å². The van der Waals surface area contributed by atoms with Crippen molar-refractivity contribution in [1.29, 1.82) is 0 Å². The number of carbonyl (C=O) groups excluding carboxylic acids is 1. The van der Waals surface area contributed by atoms with E-state index < -0.39 is 21.2 Å². The van der Waals surface area contributed by atoms with E-state index in [4.69, 9.17) is 21.1 Å². The maximum atomic E-state index is 13.5. The van der Waals surface area contributed by atoms with E-state index in [2.05, 4.69) is 45.1 Å². The minimum absolute atomic E-state index is 0.126. The number of fused-ring (bicyclic) bond motifs is 4. The number of halogens is 1. The third-order valence-corrected chi connectivity index (χ3v) is 13.4. The quantitative estimate of drug-likeness (QED) is 0.303. The van der Waals surface area contributed by atoms with Gasteiger partial charge in [-0.3, -0.25) is 9.48 Å². The molecule has 4 aliphatic rings. The summed E-state index contributed by atoms with van der Waals surface area (Å²) in [7, 11) is -1.96. The fourth-order valence-electron chi connectivity index (χ4n) is 8.46. The number of nitrogens with one attached hydrogen (secondary N) is 1. The number of rotatable bonds is 4. The first kappa shape index (κ1) is 34.1. The van der Waals surface area contributed by atoms with Crippen LogP contribution in [-0.4, -0.2) is 55.2 Å². The lowest BCUT2D eigenvalue weighted by atomic mass is 9.68. The molecular weight excluding hydrogens is 660 g/mol. The maximum absolute atomic E-state index is 13.5. The highest BCUT2D eigenvalue weighted by Crippen LogP contribution is 2.47. The Morgan fingerprint density at radius 1 is 1.14 bits per heavy atom. The van der Waals surface area contributed by atoms with Gasteiger partial charge in [0.25, 0.3) is 5.91 Å². The van der Waals surface area contributed by atoms with Crippen LogP contribution in [0.15, 0.2) is 54.6 Å². The largest absolute Gasteiger partial charge is 0.490 e. The van der Waals surface area contributed by atoms with Crippen LogP contribution in [0.5, 0.6) is 5.75 Å². The van der Waals surface area contributed by atoms with Gasteiger partial charge in [-0.15, -0.1) is 0 Å². The number of amides is 1. The van der Waals surface area contributed by atoms with E-state index in [1.807, 2.05) is 43.8 Å². The molecule has 1 aromatic heterocycles. The summed E-state index contributed by atoms with van der Waals surface area (Å²) in [5, 5.41) is 4.55. The van der Waals surface area contributed by atoms with Gasteiger partial charge in [0, 0.05) is 36.1 Å². The Morgan fingerprint density at radius 3 is 2.76 bits per heavy atom. The minimum atomic E-state index is -3.90. The molecule has 2 aliphatic carbocycles. The molecule has 1 saturated carbocycles. The van der Waals surface area contributed by atoms with Gasteiger partial charge in [-0.2, -0.15) is 5.10 Å². The Hall–Kier alpha value is -3.34. The Morgan fingerprint density at radius 2 is 2.00 bits per heavy atom. The molecule has 9 nitrogen and oxygen atoms in total. The number of hydrogen-bond donors (Lipinski definition) is 1. The predicted molar refractivity (Wildman–Crippen MR) is 192 cm³/mol. The lowest BCUT2D eigenvalue weighted by molar-refractivity contribution is -0.0246. The van der Waals surface area contributed by atoms with Crippen LogP contribution in [0.2, 0.25) is 5.02 Å². The lowest BCUT2D eigenvalue weighted by Crippen LogP contribution is -2.49. The van der Waals surface area contributed by atoms with E-state index in [0.717, 1.165) is 67.3 Å². The number of sulfonamides is 1. The molecule has 11 heteroatoms. The summed E-state index contributed by atoms with van der Waals surface area (Å²) in [6.07, 6.45) is 10.6. The topological polar surface area (TPSA) is 103 Å². The summed E-state index contributed by atoms with van der Waals surface area (Å²) in [5.41, 5.74) is 5.39. The normalized spacial score (nSPS) is 28.7. The summed E-state index contributed by atoms with van der Waals surface area (Å²) in [6.45, 7) is 6.27. The molecular formula is C38H47ClN4O5S. The van der Waals surface area contributed by atoms with Crippen LogP contribution in [0.3, 0.4) is 0 Å². The highest BCUT2D eigenvalue weighted by molar-refractivity contribution is 7.90. The van der Waals surface area contributed by atoms with Crippen molar-refractivity contribution in [2.24, 2.45) is 18.9 Å². The fraction of sp³-hybridized carbons (Fsp3) is 0.526. The van der Waals surface area contributed by atoms with Crippen LogP contribution in [0.25, 0.3) is 0 Å². The van der Waals surface area contributed by atoms with Crippen molar-refractivity contribution in [3.8, 4) is 5.75 Å². The highest BCUT2D eigenvalue weighted by Gasteiger charge is 2.44. The van der Waals surface area contributed by atoms with Crippen LogP contribution in [-0.2, 0) is 40.3 Å². The molecule has 0 unspecified atom stereocenters. The van der Waals surface area contributed by atoms with E-state index >= 15 is 0 Å². The third-order valence-electron chi connectivity index (χ3n) is 11.3. The zero-order valence-electron chi connectivity index (χ0n) is 28.7. The highest BCUT2D eigenvalue weighted by atomic mass is 35.5.